The van der Waals surface area contributed by atoms with Crippen molar-refractivity contribution in [2.75, 3.05) is 13.2 Å². The fraction of sp³-hybridized carbons (Fsp3) is 0.538. The molecule has 0 radical (unpaired) electrons. The van der Waals surface area contributed by atoms with Crippen molar-refractivity contribution in [3.05, 3.63) is 29.3 Å². The van der Waals surface area contributed by atoms with E-state index in [0.717, 1.165) is 0 Å². The zero-order valence-corrected chi connectivity index (χ0v) is 10.4. The highest BCUT2D eigenvalue weighted by atomic mass is 19.1. The summed E-state index contributed by atoms with van der Waals surface area (Å²) in [7, 11) is 0. The molecule has 0 unspecified atom stereocenters. The quantitative estimate of drug-likeness (QED) is 0.715. The maximum absolute atomic E-state index is 13.5. The van der Waals surface area contributed by atoms with Crippen LogP contribution in [0, 0.1) is 11.6 Å². The van der Waals surface area contributed by atoms with Gasteiger partial charge in [-0.15, -0.1) is 0 Å². The molecule has 0 fully saturated rings. The monoisotopic (exact) mass is 244 g/mol. The summed E-state index contributed by atoms with van der Waals surface area (Å²) in [5, 5.41) is 0. The summed E-state index contributed by atoms with van der Waals surface area (Å²) in [5.74, 6) is -1.65. The summed E-state index contributed by atoms with van der Waals surface area (Å²) in [6, 6.07) is 2.59. The van der Waals surface area contributed by atoms with Crippen molar-refractivity contribution in [3.8, 4) is 5.75 Å². The molecule has 1 rings (SSSR count). The number of rotatable bonds is 6. The molecule has 0 atom stereocenters. The Hall–Kier alpha value is -1.16. The van der Waals surface area contributed by atoms with Crippen LogP contribution in [-0.4, -0.2) is 19.3 Å². The van der Waals surface area contributed by atoms with Crippen molar-refractivity contribution >= 4 is 0 Å². The predicted octanol–water partition coefficient (Wildman–Crippen LogP) is 3.33. The van der Waals surface area contributed by atoms with Crippen LogP contribution in [0.15, 0.2) is 12.1 Å². The number of hydrogen-bond acceptors (Lipinski definition) is 2. The van der Waals surface area contributed by atoms with Crippen LogP contribution in [0.2, 0.25) is 0 Å². The first-order valence-electron chi connectivity index (χ1n) is 5.77. The van der Waals surface area contributed by atoms with E-state index in [4.69, 9.17) is 9.47 Å². The number of hydrogen-bond donors (Lipinski definition) is 0. The van der Waals surface area contributed by atoms with Crippen molar-refractivity contribution in [2.24, 2.45) is 0 Å². The van der Waals surface area contributed by atoms with Gasteiger partial charge in [-0.1, -0.05) is 6.92 Å². The number of aryl methyl sites for hydroxylation is 1. The molecule has 0 aliphatic heterocycles. The van der Waals surface area contributed by atoms with Crippen molar-refractivity contribution in [2.45, 2.75) is 33.3 Å². The molecule has 0 aromatic heterocycles. The molecule has 4 heteroatoms. The molecular formula is C13H18F2O2. The van der Waals surface area contributed by atoms with Gasteiger partial charge in [-0.3, -0.25) is 0 Å². The third-order valence-electron chi connectivity index (χ3n) is 2.25. The number of benzene rings is 1. The van der Waals surface area contributed by atoms with Gasteiger partial charge in [-0.25, -0.2) is 8.78 Å². The molecule has 0 aliphatic carbocycles. The molecule has 0 saturated carbocycles. The second-order valence-corrected chi connectivity index (χ2v) is 4.01. The van der Waals surface area contributed by atoms with Crippen LogP contribution in [0.3, 0.4) is 0 Å². The topological polar surface area (TPSA) is 18.5 Å². The molecule has 1 aromatic carbocycles. The lowest BCUT2D eigenvalue weighted by Crippen LogP contribution is -2.12. The van der Waals surface area contributed by atoms with Gasteiger partial charge >= 0.3 is 0 Å². The molecule has 1 aromatic rings. The first kappa shape index (κ1) is 13.9. The lowest BCUT2D eigenvalue weighted by molar-refractivity contribution is 0.0535. The first-order chi connectivity index (χ1) is 8.04. The Morgan fingerprint density at radius 3 is 2.18 bits per heavy atom. The minimum absolute atomic E-state index is 0.0794. The average Bonchev–Trinajstić information content (AvgIpc) is 2.26. The van der Waals surface area contributed by atoms with E-state index in [1.165, 1.54) is 12.1 Å². The lowest BCUT2D eigenvalue weighted by atomic mass is 10.1. The van der Waals surface area contributed by atoms with Crippen LogP contribution in [0.4, 0.5) is 8.78 Å². The van der Waals surface area contributed by atoms with E-state index >= 15 is 0 Å². The standard InChI is InChI=1S/C13H18F2O2/c1-4-10-7-11(14)13(12(15)8-10)17-6-5-16-9(2)3/h7-9H,4-6H2,1-3H3. The summed E-state index contributed by atoms with van der Waals surface area (Å²) in [4.78, 5) is 0. The molecule has 0 amide bonds. The molecule has 0 N–H and O–H groups in total. The Morgan fingerprint density at radius 1 is 1.12 bits per heavy atom. The van der Waals surface area contributed by atoms with Crippen LogP contribution in [-0.2, 0) is 11.2 Å². The summed E-state index contributed by atoms with van der Waals surface area (Å²) < 4.78 is 37.2. The molecule has 0 saturated heterocycles. The summed E-state index contributed by atoms with van der Waals surface area (Å²) >= 11 is 0. The first-order valence-corrected chi connectivity index (χ1v) is 5.77. The molecule has 0 spiro atoms. The highest BCUT2D eigenvalue weighted by Gasteiger charge is 2.12. The van der Waals surface area contributed by atoms with Crippen LogP contribution in [0.25, 0.3) is 0 Å². The van der Waals surface area contributed by atoms with Gasteiger partial charge in [0.05, 0.1) is 12.7 Å². The van der Waals surface area contributed by atoms with Crippen molar-refractivity contribution in [1.82, 2.24) is 0 Å². The highest BCUT2D eigenvalue weighted by Crippen LogP contribution is 2.23. The Balaban J connectivity index is 2.59. The lowest BCUT2D eigenvalue weighted by Gasteiger charge is -2.11. The third kappa shape index (κ3) is 4.30. The van der Waals surface area contributed by atoms with Crippen molar-refractivity contribution in [3.63, 3.8) is 0 Å². The number of halogens is 2. The van der Waals surface area contributed by atoms with E-state index in [1.54, 1.807) is 0 Å². The van der Waals surface area contributed by atoms with E-state index in [2.05, 4.69) is 0 Å². The van der Waals surface area contributed by atoms with Crippen molar-refractivity contribution < 1.29 is 18.3 Å². The predicted molar refractivity (Wildman–Crippen MR) is 62.3 cm³/mol. The minimum atomic E-state index is -0.661. The van der Waals surface area contributed by atoms with Gasteiger partial charge in [0, 0.05) is 0 Å². The minimum Gasteiger partial charge on any atom is -0.485 e. The van der Waals surface area contributed by atoms with Crippen LogP contribution >= 0.6 is 0 Å². The Kier molecular flexibility index (Phi) is 5.35. The summed E-state index contributed by atoms with van der Waals surface area (Å²) in [6.45, 7) is 6.06. The maximum Gasteiger partial charge on any atom is 0.190 e. The fourth-order valence-electron chi connectivity index (χ4n) is 1.38. The van der Waals surface area contributed by atoms with E-state index < -0.39 is 11.6 Å². The van der Waals surface area contributed by atoms with Gasteiger partial charge in [0.2, 0.25) is 0 Å². The highest BCUT2D eigenvalue weighted by molar-refractivity contribution is 5.31. The Morgan fingerprint density at radius 2 is 1.71 bits per heavy atom. The smallest absolute Gasteiger partial charge is 0.190 e. The summed E-state index contributed by atoms with van der Waals surface area (Å²) in [5.41, 5.74) is 0.616. The van der Waals surface area contributed by atoms with Crippen LogP contribution in [0.1, 0.15) is 26.3 Å². The van der Waals surface area contributed by atoms with Gasteiger partial charge in [0.15, 0.2) is 17.4 Å². The molecular weight excluding hydrogens is 226 g/mol. The SMILES string of the molecule is CCc1cc(F)c(OCCOC(C)C)c(F)c1. The average molecular weight is 244 g/mol. The molecule has 0 bridgehead atoms. The van der Waals surface area contributed by atoms with Gasteiger partial charge in [0.1, 0.15) is 6.61 Å². The van der Waals surface area contributed by atoms with Gasteiger partial charge in [-0.2, -0.15) is 0 Å². The van der Waals surface area contributed by atoms with E-state index in [1.807, 2.05) is 20.8 Å². The normalized spacial score (nSPS) is 10.9. The van der Waals surface area contributed by atoms with E-state index in [-0.39, 0.29) is 18.5 Å². The number of ether oxygens (including phenoxy) is 2. The van der Waals surface area contributed by atoms with Gasteiger partial charge in [0.25, 0.3) is 0 Å². The van der Waals surface area contributed by atoms with Gasteiger partial charge in [-0.05, 0) is 38.0 Å². The molecule has 2 nitrogen and oxygen atoms in total. The largest absolute Gasteiger partial charge is 0.485 e. The van der Waals surface area contributed by atoms with Crippen LogP contribution < -0.4 is 4.74 Å². The molecule has 0 aliphatic rings. The van der Waals surface area contributed by atoms with E-state index in [9.17, 15) is 8.78 Å². The molecule has 0 heterocycles. The Labute approximate surface area is 101 Å². The summed E-state index contributed by atoms with van der Waals surface area (Å²) in [6.07, 6.45) is 0.667. The van der Waals surface area contributed by atoms with Gasteiger partial charge < -0.3 is 9.47 Å². The Bertz CT molecular complexity index is 341. The van der Waals surface area contributed by atoms with E-state index in [0.29, 0.717) is 18.6 Å². The second kappa shape index (κ2) is 6.55. The fourth-order valence-corrected chi connectivity index (χ4v) is 1.38. The maximum atomic E-state index is 13.5. The third-order valence-corrected chi connectivity index (χ3v) is 2.25. The molecule has 96 valence electrons. The second-order valence-electron chi connectivity index (χ2n) is 4.01. The zero-order valence-electron chi connectivity index (χ0n) is 10.4. The molecule has 17 heavy (non-hydrogen) atoms. The van der Waals surface area contributed by atoms with Crippen LogP contribution in [0.5, 0.6) is 5.75 Å². The zero-order chi connectivity index (χ0) is 12.8. The van der Waals surface area contributed by atoms with Crippen molar-refractivity contribution in [1.29, 1.82) is 0 Å².